The van der Waals surface area contributed by atoms with Crippen LogP contribution in [0.5, 0.6) is 0 Å². The lowest BCUT2D eigenvalue weighted by molar-refractivity contribution is -0.138. The van der Waals surface area contributed by atoms with E-state index in [0.29, 0.717) is 11.7 Å². The maximum absolute atomic E-state index is 10.7. The predicted molar refractivity (Wildman–Crippen MR) is 62.5 cm³/mol. The third kappa shape index (κ3) is 2.33. The van der Waals surface area contributed by atoms with Crippen molar-refractivity contribution >= 4 is 22.4 Å². The van der Waals surface area contributed by atoms with Crippen LogP contribution in [0.25, 0.3) is 0 Å². The molecule has 5 nitrogen and oxygen atoms in total. The number of aliphatic carboxylic acids is 1. The van der Waals surface area contributed by atoms with E-state index in [4.69, 9.17) is 10.8 Å². The number of thiazole rings is 1. The summed E-state index contributed by atoms with van der Waals surface area (Å²) >= 11 is 1.41. The first-order valence-electron chi connectivity index (χ1n) is 5.32. The molecular formula is C10H15N3O2S. The summed E-state index contributed by atoms with van der Waals surface area (Å²) in [4.78, 5) is 14.8. The molecule has 0 amide bonds. The number of aromatic nitrogens is 1. The van der Waals surface area contributed by atoms with Gasteiger partial charge < -0.3 is 16.2 Å². The molecule has 0 bridgehead atoms. The molecule has 1 aromatic heterocycles. The minimum Gasteiger partial charge on any atom is -0.480 e. The van der Waals surface area contributed by atoms with E-state index < -0.39 is 12.0 Å². The Morgan fingerprint density at radius 1 is 1.88 bits per heavy atom. The number of rotatable bonds is 5. The summed E-state index contributed by atoms with van der Waals surface area (Å²) in [6, 6.07) is -0.516. The molecule has 2 rings (SSSR count). The fourth-order valence-electron chi connectivity index (χ4n) is 1.66. The van der Waals surface area contributed by atoms with Crippen LogP contribution in [0.2, 0.25) is 0 Å². The summed E-state index contributed by atoms with van der Waals surface area (Å²) in [5, 5.41) is 14.5. The van der Waals surface area contributed by atoms with Gasteiger partial charge in [-0.3, -0.25) is 4.79 Å². The molecule has 6 heteroatoms. The largest absolute Gasteiger partial charge is 0.480 e. The van der Waals surface area contributed by atoms with E-state index in [1.807, 2.05) is 0 Å². The lowest BCUT2D eigenvalue weighted by Crippen LogP contribution is -2.21. The third-order valence-electron chi connectivity index (χ3n) is 2.86. The molecule has 1 aromatic rings. The molecule has 1 saturated carbocycles. The molecule has 0 radical (unpaired) electrons. The Balaban J connectivity index is 1.95. The molecule has 3 atom stereocenters. The van der Waals surface area contributed by atoms with E-state index in [-0.39, 0.29) is 0 Å². The molecule has 1 heterocycles. The van der Waals surface area contributed by atoms with Crippen LogP contribution >= 0.6 is 11.3 Å². The predicted octanol–water partition coefficient (Wildman–Crippen LogP) is 1.44. The fraction of sp³-hybridized carbons (Fsp3) is 0.600. The minimum absolute atomic E-state index is 0.425. The van der Waals surface area contributed by atoms with E-state index >= 15 is 0 Å². The lowest BCUT2D eigenvalue weighted by atomic mass is 10.2. The number of carbonyl (C=O) groups is 1. The minimum atomic E-state index is -1.05. The first-order valence-corrected chi connectivity index (χ1v) is 6.20. The van der Waals surface area contributed by atoms with Crippen molar-refractivity contribution in [3.8, 4) is 0 Å². The standard InChI is InChI=1S/C10H15N3O2S/c1-2-5-3-6(5)12-10-13-7(4-16-10)8(11)9(14)15/h4-6,8H,2-3,11H2,1H3,(H,12,13)(H,14,15). The van der Waals surface area contributed by atoms with Crippen molar-refractivity contribution in [1.82, 2.24) is 4.98 Å². The van der Waals surface area contributed by atoms with Crippen molar-refractivity contribution in [2.75, 3.05) is 5.32 Å². The van der Waals surface area contributed by atoms with Crippen molar-refractivity contribution in [3.63, 3.8) is 0 Å². The molecule has 88 valence electrons. The Hall–Kier alpha value is -1.14. The van der Waals surface area contributed by atoms with Crippen LogP contribution in [-0.4, -0.2) is 22.1 Å². The van der Waals surface area contributed by atoms with Crippen molar-refractivity contribution in [3.05, 3.63) is 11.1 Å². The number of anilines is 1. The van der Waals surface area contributed by atoms with Crippen LogP contribution in [0, 0.1) is 5.92 Å². The molecular weight excluding hydrogens is 226 g/mol. The van der Waals surface area contributed by atoms with Gasteiger partial charge in [0.25, 0.3) is 0 Å². The average molecular weight is 241 g/mol. The number of hydrogen-bond donors (Lipinski definition) is 3. The molecule has 0 aromatic carbocycles. The normalized spacial score (nSPS) is 25.1. The summed E-state index contributed by atoms with van der Waals surface area (Å²) in [5.74, 6) is -0.310. The van der Waals surface area contributed by atoms with Crippen LogP contribution in [0.3, 0.4) is 0 Å². The van der Waals surface area contributed by atoms with E-state index in [2.05, 4.69) is 17.2 Å². The number of carboxylic acid groups (broad SMARTS) is 1. The highest BCUT2D eigenvalue weighted by molar-refractivity contribution is 7.13. The molecule has 4 N–H and O–H groups in total. The summed E-state index contributed by atoms with van der Waals surface area (Å²) in [5.41, 5.74) is 5.89. The molecule has 3 unspecified atom stereocenters. The van der Waals surface area contributed by atoms with E-state index in [9.17, 15) is 4.79 Å². The van der Waals surface area contributed by atoms with Gasteiger partial charge >= 0.3 is 5.97 Å². The van der Waals surface area contributed by atoms with Gasteiger partial charge in [0, 0.05) is 11.4 Å². The number of nitrogens with one attached hydrogen (secondary N) is 1. The molecule has 16 heavy (non-hydrogen) atoms. The van der Waals surface area contributed by atoms with Gasteiger partial charge in [0.15, 0.2) is 5.13 Å². The second-order valence-corrected chi connectivity index (χ2v) is 4.91. The van der Waals surface area contributed by atoms with Crippen LogP contribution in [0.15, 0.2) is 5.38 Å². The van der Waals surface area contributed by atoms with Crippen LogP contribution in [-0.2, 0) is 4.79 Å². The summed E-state index contributed by atoms with van der Waals surface area (Å²) in [6.45, 7) is 2.17. The van der Waals surface area contributed by atoms with E-state index in [1.54, 1.807) is 5.38 Å². The van der Waals surface area contributed by atoms with Crippen LogP contribution in [0.1, 0.15) is 31.5 Å². The Morgan fingerprint density at radius 3 is 3.19 bits per heavy atom. The van der Waals surface area contributed by atoms with Gasteiger partial charge in [0.05, 0.1) is 5.69 Å². The molecule has 1 fully saturated rings. The fourth-order valence-corrected chi connectivity index (χ4v) is 2.47. The molecule has 0 spiro atoms. The lowest BCUT2D eigenvalue weighted by Gasteiger charge is -2.02. The number of hydrogen-bond acceptors (Lipinski definition) is 5. The highest BCUT2D eigenvalue weighted by Gasteiger charge is 2.35. The van der Waals surface area contributed by atoms with Gasteiger partial charge in [-0.2, -0.15) is 0 Å². The van der Waals surface area contributed by atoms with Crippen molar-refractivity contribution in [2.45, 2.75) is 31.8 Å². The Morgan fingerprint density at radius 2 is 2.62 bits per heavy atom. The maximum Gasteiger partial charge on any atom is 0.326 e. The highest BCUT2D eigenvalue weighted by atomic mass is 32.1. The zero-order chi connectivity index (χ0) is 11.7. The van der Waals surface area contributed by atoms with Gasteiger partial charge in [0.1, 0.15) is 6.04 Å². The molecule has 1 aliphatic carbocycles. The van der Waals surface area contributed by atoms with Crippen molar-refractivity contribution in [1.29, 1.82) is 0 Å². The third-order valence-corrected chi connectivity index (χ3v) is 3.65. The molecule has 1 aliphatic rings. The summed E-state index contributed by atoms with van der Waals surface area (Å²) in [7, 11) is 0. The summed E-state index contributed by atoms with van der Waals surface area (Å²) < 4.78 is 0. The highest BCUT2D eigenvalue weighted by Crippen LogP contribution is 2.36. The smallest absolute Gasteiger partial charge is 0.326 e. The average Bonchev–Trinajstić information content (AvgIpc) is 2.83. The SMILES string of the molecule is CCC1CC1Nc1nc(C(N)C(=O)O)cs1. The first kappa shape index (κ1) is 11.3. The zero-order valence-electron chi connectivity index (χ0n) is 9.01. The topological polar surface area (TPSA) is 88.2 Å². The maximum atomic E-state index is 10.7. The molecule has 0 aliphatic heterocycles. The van der Waals surface area contributed by atoms with Gasteiger partial charge in [-0.15, -0.1) is 11.3 Å². The first-order chi connectivity index (χ1) is 7.61. The van der Waals surface area contributed by atoms with Gasteiger partial charge in [0.2, 0.25) is 0 Å². The second-order valence-electron chi connectivity index (χ2n) is 4.05. The number of nitrogens with zero attached hydrogens (tertiary/aromatic N) is 1. The second kappa shape index (κ2) is 4.39. The van der Waals surface area contributed by atoms with Crippen LogP contribution in [0.4, 0.5) is 5.13 Å². The van der Waals surface area contributed by atoms with Gasteiger partial charge in [-0.1, -0.05) is 13.3 Å². The van der Waals surface area contributed by atoms with Crippen molar-refractivity contribution < 1.29 is 9.90 Å². The molecule has 0 saturated heterocycles. The van der Waals surface area contributed by atoms with Gasteiger partial charge in [-0.25, -0.2) is 4.98 Å². The summed E-state index contributed by atoms with van der Waals surface area (Å²) in [6.07, 6.45) is 2.35. The zero-order valence-corrected chi connectivity index (χ0v) is 9.83. The van der Waals surface area contributed by atoms with E-state index in [1.165, 1.54) is 24.2 Å². The van der Waals surface area contributed by atoms with E-state index in [0.717, 1.165) is 11.0 Å². The number of nitrogens with two attached hydrogens (primary N) is 1. The Kier molecular flexibility index (Phi) is 3.11. The quantitative estimate of drug-likeness (QED) is 0.726. The van der Waals surface area contributed by atoms with Gasteiger partial charge in [-0.05, 0) is 12.3 Å². The Bertz CT molecular complexity index is 393. The number of carboxylic acids is 1. The monoisotopic (exact) mass is 241 g/mol. The van der Waals surface area contributed by atoms with Crippen LogP contribution < -0.4 is 11.1 Å². The Labute approximate surface area is 97.7 Å². The van der Waals surface area contributed by atoms with Crippen molar-refractivity contribution in [2.24, 2.45) is 11.7 Å².